The Morgan fingerprint density at radius 3 is 2.57 bits per heavy atom. The summed E-state index contributed by atoms with van der Waals surface area (Å²) in [6.45, 7) is 4.89. The van der Waals surface area contributed by atoms with Crippen molar-refractivity contribution >= 4 is 37.7 Å². The van der Waals surface area contributed by atoms with Crippen molar-refractivity contribution in [1.29, 1.82) is 0 Å². The monoisotopic (exact) mass is 415 g/mol. The van der Waals surface area contributed by atoms with E-state index in [1.165, 1.54) is 6.07 Å². The Morgan fingerprint density at radius 1 is 1.19 bits per heavy atom. The number of halogens is 3. The minimum atomic E-state index is -0.295. The van der Waals surface area contributed by atoms with Crippen molar-refractivity contribution in [2.24, 2.45) is 0 Å². The molecule has 0 amide bonds. The number of rotatable bonds is 5. The van der Waals surface area contributed by atoms with Gasteiger partial charge in [0.1, 0.15) is 11.6 Å². The molecule has 6 heteroatoms. The molecule has 0 fully saturated rings. The number of nitrogens with zero attached hydrogens (tertiary/aromatic N) is 2. The fourth-order valence-corrected chi connectivity index (χ4v) is 2.84. The summed E-state index contributed by atoms with van der Waals surface area (Å²) >= 11 is 6.76. The van der Waals surface area contributed by atoms with E-state index >= 15 is 0 Å². The zero-order valence-corrected chi connectivity index (χ0v) is 15.1. The van der Waals surface area contributed by atoms with Gasteiger partial charge < -0.3 is 5.32 Å². The first-order valence-corrected chi connectivity index (χ1v) is 8.41. The van der Waals surface area contributed by atoms with Crippen LogP contribution in [0.5, 0.6) is 0 Å². The molecule has 0 bridgehead atoms. The molecule has 0 aliphatic carbocycles. The van der Waals surface area contributed by atoms with E-state index < -0.39 is 0 Å². The summed E-state index contributed by atoms with van der Waals surface area (Å²) in [5.41, 5.74) is 1.74. The Hall–Kier alpha value is -1.01. The van der Waals surface area contributed by atoms with Gasteiger partial charge in [-0.25, -0.2) is 14.4 Å². The highest BCUT2D eigenvalue weighted by molar-refractivity contribution is 9.11. The molecule has 0 saturated carbocycles. The third kappa shape index (κ3) is 3.80. The van der Waals surface area contributed by atoms with Gasteiger partial charge in [-0.05, 0) is 63.4 Å². The van der Waals surface area contributed by atoms with Crippen LogP contribution in [0.25, 0.3) is 11.4 Å². The Bertz CT molecular complexity index is 620. The molecule has 3 nitrogen and oxygen atoms in total. The average Bonchev–Trinajstić information content (AvgIpc) is 2.46. The van der Waals surface area contributed by atoms with Crippen molar-refractivity contribution in [3.05, 3.63) is 38.7 Å². The Morgan fingerprint density at radius 2 is 1.95 bits per heavy atom. The maximum absolute atomic E-state index is 13.4. The lowest BCUT2D eigenvalue weighted by atomic mass is 10.2. The van der Waals surface area contributed by atoms with E-state index in [4.69, 9.17) is 0 Å². The van der Waals surface area contributed by atoms with Crippen LogP contribution in [0.4, 0.5) is 10.2 Å². The van der Waals surface area contributed by atoms with E-state index in [-0.39, 0.29) is 5.82 Å². The molecular formula is C15H16Br2FN3. The first-order valence-electron chi connectivity index (χ1n) is 6.82. The van der Waals surface area contributed by atoms with Crippen LogP contribution in [0.15, 0.2) is 27.1 Å². The van der Waals surface area contributed by atoms with Crippen molar-refractivity contribution < 1.29 is 4.39 Å². The molecule has 0 aliphatic heterocycles. The van der Waals surface area contributed by atoms with Gasteiger partial charge in [0.2, 0.25) is 0 Å². The van der Waals surface area contributed by atoms with Crippen molar-refractivity contribution in [3.63, 3.8) is 0 Å². The second kappa shape index (κ2) is 7.31. The summed E-state index contributed by atoms with van der Waals surface area (Å²) in [5.74, 6) is 1.07. The fraction of sp³-hybridized carbons (Fsp3) is 0.333. The van der Waals surface area contributed by atoms with Gasteiger partial charge in [-0.15, -0.1) is 0 Å². The Balaban J connectivity index is 2.53. The maximum Gasteiger partial charge on any atom is 0.161 e. The van der Waals surface area contributed by atoms with E-state index in [9.17, 15) is 4.39 Å². The average molecular weight is 417 g/mol. The molecule has 1 heterocycles. The highest BCUT2D eigenvalue weighted by atomic mass is 79.9. The minimum Gasteiger partial charge on any atom is -0.369 e. The number of hydrogen-bond acceptors (Lipinski definition) is 3. The topological polar surface area (TPSA) is 37.8 Å². The van der Waals surface area contributed by atoms with Crippen LogP contribution >= 0.6 is 31.9 Å². The van der Waals surface area contributed by atoms with E-state index in [1.54, 1.807) is 12.1 Å². The molecule has 112 valence electrons. The summed E-state index contributed by atoms with van der Waals surface area (Å²) < 4.78 is 14.7. The summed E-state index contributed by atoms with van der Waals surface area (Å²) in [7, 11) is 0. The molecule has 0 unspecified atom stereocenters. The lowest BCUT2D eigenvalue weighted by molar-refractivity contribution is 0.621. The highest BCUT2D eigenvalue weighted by Gasteiger charge is 2.13. The molecule has 0 radical (unpaired) electrons. The summed E-state index contributed by atoms with van der Waals surface area (Å²) in [6, 6.07) is 4.80. The summed E-state index contributed by atoms with van der Waals surface area (Å²) in [5, 5.41) is 3.23. The molecule has 0 aliphatic rings. The van der Waals surface area contributed by atoms with Gasteiger partial charge >= 0.3 is 0 Å². The molecular weight excluding hydrogens is 401 g/mol. The smallest absolute Gasteiger partial charge is 0.161 e. The van der Waals surface area contributed by atoms with Crippen LogP contribution in [0, 0.1) is 5.82 Å². The maximum atomic E-state index is 13.4. The van der Waals surface area contributed by atoms with Crippen LogP contribution in [0.2, 0.25) is 0 Å². The van der Waals surface area contributed by atoms with Crippen molar-refractivity contribution in [2.75, 3.05) is 11.9 Å². The standard InChI is InChI=1S/C15H16Br2FN3/c1-3-5-12-13(17)15(19-4-2)21-14(20-12)9-6-7-11(18)10(16)8-9/h6-8H,3-5H2,1-2H3,(H,19,20,21). The predicted octanol–water partition coefficient (Wildman–Crippen LogP) is 5.19. The fourth-order valence-electron chi connectivity index (χ4n) is 1.94. The van der Waals surface area contributed by atoms with Crippen molar-refractivity contribution in [2.45, 2.75) is 26.7 Å². The SMILES string of the molecule is CCCc1nc(-c2ccc(F)c(Br)c2)nc(NCC)c1Br. The van der Waals surface area contributed by atoms with Crippen LogP contribution < -0.4 is 5.32 Å². The summed E-state index contributed by atoms with van der Waals surface area (Å²) in [6.07, 6.45) is 1.85. The highest BCUT2D eigenvalue weighted by Crippen LogP contribution is 2.29. The Labute approximate surface area is 140 Å². The number of anilines is 1. The van der Waals surface area contributed by atoms with Crippen LogP contribution in [-0.2, 0) is 6.42 Å². The van der Waals surface area contributed by atoms with E-state index in [1.807, 2.05) is 6.92 Å². The van der Waals surface area contributed by atoms with Crippen molar-refractivity contribution in [3.8, 4) is 11.4 Å². The zero-order valence-electron chi connectivity index (χ0n) is 11.9. The molecule has 2 aromatic rings. The van der Waals surface area contributed by atoms with Gasteiger partial charge in [-0.1, -0.05) is 13.3 Å². The molecule has 0 saturated heterocycles. The van der Waals surface area contributed by atoms with E-state index in [0.29, 0.717) is 10.3 Å². The molecule has 0 spiro atoms. The molecule has 2 rings (SSSR count). The summed E-state index contributed by atoms with van der Waals surface area (Å²) in [4.78, 5) is 9.14. The number of aromatic nitrogens is 2. The Kier molecular flexibility index (Phi) is 5.70. The second-order valence-corrected chi connectivity index (χ2v) is 6.21. The first kappa shape index (κ1) is 16.4. The molecule has 1 N–H and O–H groups in total. The molecule has 21 heavy (non-hydrogen) atoms. The number of benzene rings is 1. The van der Waals surface area contributed by atoms with E-state index in [0.717, 1.165) is 40.9 Å². The van der Waals surface area contributed by atoms with Gasteiger partial charge in [0, 0.05) is 12.1 Å². The lowest BCUT2D eigenvalue weighted by Gasteiger charge is -2.12. The van der Waals surface area contributed by atoms with Crippen LogP contribution in [0.3, 0.4) is 0 Å². The zero-order chi connectivity index (χ0) is 15.4. The second-order valence-electron chi connectivity index (χ2n) is 4.57. The van der Waals surface area contributed by atoms with Crippen LogP contribution in [-0.4, -0.2) is 16.5 Å². The molecule has 1 aromatic carbocycles. The van der Waals surface area contributed by atoms with Gasteiger partial charge in [-0.3, -0.25) is 0 Å². The van der Waals surface area contributed by atoms with Gasteiger partial charge in [0.05, 0.1) is 14.6 Å². The molecule has 0 atom stereocenters. The van der Waals surface area contributed by atoms with Gasteiger partial charge in [0.25, 0.3) is 0 Å². The van der Waals surface area contributed by atoms with Crippen LogP contribution in [0.1, 0.15) is 26.0 Å². The van der Waals surface area contributed by atoms with E-state index in [2.05, 4.69) is 54.1 Å². The quantitative estimate of drug-likeness (QED) is 0.728. The van der Waals surface area contributed by atoms with Gasteiger partial charge in [0.15, 0.2) is 5.82 Å². The predicted molar refractivity (Wildman–Crippen MR) is 91.0 cm³/mol. The number of aryl methyl sites for hydroxylation is 1. The van der Waals surface area contributed by atoms with Crippen molar-refractivity contribution in [1.82, 2.24) is 9.97 Å². The molecule has 1 aromatic heterocycles. The largest absolute Gasteiger partial charge is 0.369 e. The third-order valence-electron chi connectivity index (χ3n) is 2.93. The van der Waals surface area contributed by atoms with Gasteiger partial charge in [-0.2, -0.15) is 0 Å². The normalized spacial score (nSPS) is 10.7. The lowest BCUT2D eigenvalue weighted by Crippen LogP contribution is -2.06. The number of hydrogen-bond donors (Lipinski definition) is 1. The first-order chi connectivity index (χ1) is 10.1. The minimum absolute atomic E-state index is 0.295. The number of nitrogens with one attached hydrogen (secondary N) is 1. The third-order valence-corrected chi connectivity index (χ3v) is 4.37.